The van der Waals surface area contributed by atoms with E-state index < -0.39 is 0 Å². The SMILES string of the molecule is Cc1nn(-c2ncnc3nc[nH]c23)c2c1[C@@H](c1ccncc1)SCC(=O)N2. The molecule has 9 nitrogen and oxygen atoms in total. The third kappa shape index (κ3) is 2.56. The number of thioether (sulfide) groups is 1. The van der Waals surface area contributed by atoms with Crippen LogP contribution in [0.4, 0.5) is 5.82 Å². The van der Waals surface area contributed by atoms with Crippen LogP contribution in [-0.2, 0) is 4.79 Å². The van der Waals surface area contributed by atoms with Crippen LogP contribution < -0.4 is 5.32 Å². The summed E-state index contributed by atoms with van der Waals surface area (Å²) in [5.41, 5.74) is 4.07. The number of H-pyrrole nitrogens is 1. The number of imidazole rings is 1. The van der Waals surface area contributed by atoms with Crippen molar-refractivity contribution in [1.29, 1.82) is 0 Å². The maximum atomic E-state index is 12.4. The first-order chi connectivity index (χ1) is 13.2. The molecule has 4 aromatic heterocycles. The summed E-state index contributed by atoms with van der Waals surface area (Å²) in [5.74, 6) is 1.44. The maximum Gasteiger partial charge on any atom is 0.235 e. The minimum atomic E-state index is -0.0751. The van der Waals surface area contributed by atoms with Crippen LogP contribution >= 0.6 is 11.8 Å². The Labute approximate surface area is 157 Å². The van der Waals surface area contributed by atoms with E-state index in [2.05, 4.69) is 35.3 Å². The highest BCUT2D eigenvalue weighted by Crippen LogP contribution is 2.43. The predicted octanol–water partition coefficient (Wildman–Crippen LogP) is 2.02. The molecule has 0 saturated heterocycles. The standard InChI is InChI=1S/C17H14N8OS/c1-9-12-14(10-2-4-18-5-3-10)27-6-11(26)23-16(12)25(24-9)17-13-15(20-7-19-13)21-8-22-17/h2-5,7-8,14H,6H2,1H3,(H,23,26)(H,19,20,21,22)/t14-/m1/s1. The van der Waals surface area contributed by atoms with Crippen LogP contribution in [0.3, 0.4) is 0 Å². The van der Waals surface area contributed by atoms with Gasteiger partial charge in [0.15, 0.2) is 11.5 Å². The Morgan fingerprint density at radius 1 is 1.22 bits per heavy atom. The van der Waals surface area contributed by atoms with Crippen LogP contribution in [0.2, 0.25) is 0 Å². The molecule has 0 radical (unpaired) electrons. The van der Waals surface area contributed by atoms with E-state index in [1.165, 1.54) is 6.33 Å². The van der Waals surface area contributed by atoms with E-state index in [-0.39, 0.29) is 11.2 Å². The summed E-state index contributed by atoms with van der Waals surface area (Å²) >= 11 is 1.57. The number of nitrogens with zero attached hydrogens (tertiary/aromatic N) is 6. The number of amides is 1. The number of aromatic nitrogens is 7. The van der Waals surface area contributed by atoms with Crippen LogP contribution in [0.1, 0.15) is 22.1 Å². The van der Waals surface area contributed by atoms with Gasteiger partial charge in [-0.3, -0.25) is 9.78 Å². The lowest BCUT2D eigenvalue weighted by atomic mass is 10.1. The topological polar surface area (TPSA) is 114 Å². The summed E-state index contributed by atoms with van der Waals surface area (Å²) in [6.45, 7) is 1.94. The second-order valence-corrected chi connectivity index (χ2v) is 7.17. The Balaban J connectivity index is 1.75. The molecule has 27 heavy (non-hydrogen) atoms. The lowest BCUT2D eigenvalue weighted by molar-refractivity contribution is -0.113. The first kappa shape index (κ1) is 15.9. The normalized spacial score (nSPS) is 16.8. The number of carbonyl (C=O) groups excluding carboxylic acids is 1. The summed E-state index contributed by atoms with van der Waals surface area (Å²) in [7, 11) is 0. The molecule has 4 aromatic rings. The monoisotopic (exact) mass is 378 g/mol. The van der Waals surface area contributed by atoms with Crippen LogP contribution in [0.25, 0.3) is 17.0 Å². The largest absolute Gasteiger partial charge is 0.340 e. The number of carbonyl (C=O) groups is 1. The summed E-state index contributed by atoms with van der Waals surface area (Å²) in [4.78, 5) is 32.2. The average molecular weight is 378 g/mol. The number of nitrogens with one attached hydrogen (secondary N) is 2. The van der Waals surface area contributed by atoms with Gasteiger partial charge in [0.25, 0.3) is 0 Å². The minimum Gasteiger partial charge on any atom is -0.340 e. The molecule has 0 aliphatic carbocycles. The lowest BCUT2D eigenvalue weighted by Crippen LogP contribution is -2.16. The number of pyridine rings is 1. The number of hydrogen-bond donors (Lipinski definition) is 2. The molecule has 1 atom stereocenters. The Kier molecular flexibility index (Phi) is 3.64. The van der Waals surface area contributed by atoms with Gasteiger partial charge >= 0.3 is 0 Å². The van der Waals surface area contributed by atoms with Crippen molar-refractivity contribution in [2.45, 2.75) is 12.2 Å². The Morgan fingerprint density at radius 2 is 2.07 bits per heavy atom. The van der Waals surface area contributed by atoms with Gasteiger partial charge < -0.3 is 10.3 Å². The van der Waals surface area contributed by atoms with E-state index in [0.717, 1.165) is 16.8 Å². The molecule has 0 aromatic carbocycles. The average Bonchev–Trinajstić information content (AvgIpc) is 3.23. The first-order valence-electron chi connectivity index (χ1n) is 8.27. The number of fused-ring (bicyclic) bond motifs is 2. The molecule has 10 heteroatoms. The van der Waals surface area contributed by atoms with Crippen molar-refractivity contribution in [1.82, 2.24) is 34.7 Å². The first-order valence-corrected chi connectivity index (χ1v) is 9.32. The van der Waals surface area contributed by atoms with E-state index in [4.69, 9.17) is 0 Å². The van der Waals surface area contributed by atoms with Crippen molar-refractivity contribution in [3.8, 4) is 5.82 Å². The molecule has 0 fully saturated rings. The molecular formula is C17H14N8OS. The minimum absolute atomic E-state index is 0.0326. The van der Waals surface area contributed by atoms with Crippen molar-refractivity contribution < 1.29 is 4.79 Å². The number of anilines is 1. The van der Waals surface area contributed by atoms with Crippen molar-refractivity contribution >= 4 is 34.7 Å². The third-order valence-corrected chi connectivity index (χ3v) is 5.69. The number of rotatable bonds is 2. The summed E-state index contributed by atoms with van der Waals surface area (Å²) < 4.78 is 1.66. The van der Waals surface area contributed by atoms with Crippen molar-refractivity contribution in [3.63, 3.8) is 0 Å². The van der Waals surface area contributed by atoms with Crippen LogP contribution in [-0.4, -0.2) is 46.4 Å². The van der Waals surface area contributed by atoms with Crippen molar-refractivity contribution in [3.05, 3.63) is 54.0 Å². The molecule has 5 heterocycles. The fourth-order valence-electron chi connectivity index (χ4n) is 3.25. The van der Waals surface area contributed by atoms with E-state index in [1.807, 2.05) is 19.1 Å². The zero-order valence-electron chi connectivity index (χ0n) is 14.2. The van der Waals surface area contributed by atoms with Gasteiger partial charge in [0, 0.05) is 18.0 Å². The van der Waals surface area contributed by atoms with Crippen LogP contribution in [0, 0.1) is 6.92 Å². The van der Waals surface area contributed by atoms with E-state index in [0.29, 0.717) is 28.6 Å². The molecule has 1 aliphatic heterocycles. The van der Waals surface area contributed by atoms with E-state index in [1.54, 1.807) is 35.2 Å². The van der Waals surface area contributed by atoms with Gasteiger partial charge in [0.05, 0.1) is 23.0 Å². The zero-order chi connectivity index (χ0) is 18.4. The highest BCUT2D eigenvalue weighted by molar-refractivity contribution is 8.00. The second-order valence-electron chi connectivity index (χ2n) is 6.08. The van der Waals surface area contributed by atoms with E-state index in [9.17, 15) is 4.79 Å². The second kappa shape index (κ2) is 6.16. The smallest absolute Gasteiger partial charge is 0.235 e. The maximum absolute atomic E-state index is 12.4. The van der Waals surface area contributed by atoms with Crippen LogP contribution in [0.15, 0.2) is 37.2 Å². The molecule has 2 N–H and O–H groups in total. The van der Waals surface area contributed by atoms with Gasteiger partial charge in [-0.05, 0) is 24.6 Å². The highest BCUT2D eigenvalue weighted by atomic mass is 32.2. The predicted molar refractivity (Wildman–Crippen MR) is 101 cm³/mol. The molecule has 0 saturated carbocycles. The highest BCUT2D eigenvalue weighted by Gasteiger charge is 2.31. The zero-order valence-corrected chi connectivity index (χ0v) is 15.1. The molecule has 5 rings (SSSR count). The van der Waals surface area contributed by atoms with Gasteiger partial charge in [0.1, 0.15) is 17.7 Å². The molecule has 1 amide bonds. The molecule has 0 bridgehead atoms. The van der Waals surface area contributed by atoms with Gasteiger partial charge in [-0.25, -0.2) is 15.0 Å². The molecule has 0 unspecified atom stereocenters. The Hall–Kier alpha value is -3.27. The third-order valence-electron chi connectivity index (χ3n) is 4.42. The quantitative estimate of drug-likeness (QED) is 0.548. The van der Waals surface area contributed by atoms with Gasteiger partial charge in [-0.1, -0.05) is 0 Å². The molecule has 1 aliphatic rings. The fraction of sp³-hybridized carbons (Fsp3) is 0.176. The number of hydrogen-bond acceptors (Lipinski definition) is 7. The molecular weight excluding hydrogens is 364 g/mol. The van der Waals surface area contributed by atoms with Crippen molar-refractivity contribution in [2.75, 3.05) is 11.1 Å². The lowest BCUT2D eigenvalue weighted by Gasteiger charge is -2.14. The summed E-state index contributed by atoms with van der Waals surface area (Å²) in [5, 5.41) is 7.64. The van der Waals surface area contributed by atoms with Crippen LogP contribution in [0.5, 0.6) is 0 Å². The molecule has 134 valence electrons. The van der Waals surface area contributed by atoms with Gasteiger partial charge in [-0.15, -0.1) is 11.8 Å². The molecule has 0 spiro atoms. The van der Waals surface area contributed by atoms with Gasteiger partial charge in [-0.2, -0.15) is 9.78 Å². The Morgan fingerprint density at radius 3 is 2.93 bits per heavy atom. The Bertz CT molecular complexity index is 1150. The van der Waals surface area contributed by atoms with Gasteiger partial charge in [0.2, 0.25) is 5.91 Å². The fourth-order valence-corrected chi connectivity index (χ4v) is 4.44. The number of aryl methyl sites for hydroxylation is 1. The summed E-state index contributed by atoms with van der Waals surface area (Å²) in [6, 6.07) is 3.93. The van der Waals surface area contributed by atoms with E-state index >= 15 is 0 Å². The number of aromatic amines is 1. The summed E-state index contributed by atoms with van der Waals surface area (Å²) in [6.07, 6.45) is 6.52. The van der Waals surface area contributed by atoms with Crippen molar-refractivity contribution in [2.24, 2.45) is 0 Å².